The third-order valence-electron chi connectivity index (χ3n) is 1.75. The zero-order chi connectivity index (χ0) is 11.5. The minimum Gasteiger partial charge on any atom is -0.545 e. The summed E-state index contributed by atoms with van der Waals surface area (Å²) in [5.41, 5.74) is 0.157. The Hall–Kier alpha value is -1.56. The molecule has 0 saturated carbocycles. The fourth-order valence-corrected chi connectivity index (χ4v) is 1.59. The Labute approximate surface area is 87.8 Å². The number of rotatable bonds is 4. The van der Waals surface area contributed by atoms with E-state index < -0.39 is 16.0 Å². The van der Waals surface area contributed by atoms with Crippen LogP contribution in [0.25, 0.3) is 0 Å². The SMILES string of the molecule is CCS(=O)(=O)Nc1cccc(C(=O)[O-])c1. The topological polar surface area (TPSA) is 86.3 Å². The van der Waals surface area contributed by atoms with Crippen molar-refractivity contribution in [2.24, 2.45) is 0 Å². The second-order valence-electron chi connectivity index (χ2n) is 2.87. The van der Waals surface area contributed by atoms with E-state index in [1.807, 2.05) is 0 Å². The highest BCUT2D eigenvalue weighted by molar-refractivity contribution is 7.92. The van der Waals surface area contributed by atoms with Crippen LogP contribution in [0.2, 0.25) is 0 Å². The van der Waals surface area contributed by atoms with Crippen LogP contribution in [0.4, 0.5) is 5.69 Å². The van der Waals surface area contributed by atoms with E-state index >= 15 is 0 Å². The van der Waals surface area contributed by atoms with Crippen molar-refractivity contribution in [2.45, 2.75) is 6.92 Å². The average Bonchev–Trinajstić information content (AvgIpc) is 2.17. The van der Waals surface area contributed by atoms with Crippen LogP contribution in [0, 0.1) is 0 Å². The van der Waals surface area contributed by atoms with Crippen molar-refractivity contribution in [3.05, 3.63) is 29.8 Å². The first-order valence-electron chi connectivity index (χ1n) is 4.26. The predicted octanol–water partition coefficient (Wildman–Crippen LogP) is -0.188. The van der Waals surface area contributed by atoms with E-state index in [0.29, 0.717) is 0 Å². The van der Waals surface area contributed by atoms with E-state index in [2.05, 4.69) is 4.72 Å². The Balaban J connectivity index is 2.97. The molecule has 0 radical (unpaired) electrons. The highest BCUT2D eigenvalue weighted by atomic mass is 32.2. The van der Waals surface area contributed by atoms with Gasteiger partial charge in [0.15, 0.2) is 0 Å². The van der Waals surface area contributed by atoms with Crippen molar-refractivity contribution >= 4 is 21.7 Å². The smallest absolute Gasteiger partial charge is 0.232 e. The van der Waals surface area contributed by atoms with Gasteiger partial charge >= 0.3 is 0 Å². The molecule has 1 rings (SSSR count). The Morgan fingerprint density at radius 2 is 2.13 bits per heavy atom. The fourth-order valence-electron chi connectivity index (χ4n) is 0.961. The first-order valence-corrected chi connectivity index (χ1v) is 5.92. The maximum absolute atomic E-state index is 11.2. The summed E-state index contributed by atoms with van der Waals surface area (Å²) >= 11 is 0. The van der Waals surface area contributed by atoms with Gasteiger partial charge in [-0.05, 0) is 24.6 Å². The maximum Gasteiger partial charge on any atom is 0.232 e. The molecule has 82 valence electrons. The van der Waals surface area contributed by atoms with Gasteiger partial charge in [0.2, 0.25) is 10.0 Å². The molecule has 5 nitrogen and oxygen atoms in total. The molecule has 0 aliphatic carbocycles. The van der Waals surface area contributed by atoms with E-state index in [-0.39, 0.29) is 17.0 Å². The molecule has 6 heteroatoms. The van der Waals surface area contributed by atoms with Gasteiger partial charge in [-0.1, -0.05) is 12.1 Å². The highest BCUT2D eigenvalue weighted by Gasteiger charge is 2.06. The van der Waals surface area contributed by atoms with Crippen LogP contribution in [0.5, 0.6) is 0 Å². The molecule has 0 heterocycles. The number of carboxylic acids is 1. The van der Waals surface area contributed by atoms with E-state index in [1.165, 1.54) is 31.2 Å². The Kier molecular flexibility index (Phi) is 3.31. The molecule has 1 aromatic rings. The fraction of sp³-hybridized carbons (Fsp3) is 0.222. The first-order chi connectivity index (χ1) is 6.94. The number of nitrogens with one attached hydrogen (secondary N) is 1. The lowest BCUT2D eigenvalue weighted by Gasteiger charge is -2.08. The number of benzene rings is 1. The van der Waals surface area contributed by atoms with Gasteiger partial charge in [-0.15, -0.1) is 0 Å². The summed E-state index contributed by atoms with van der Waals surface area (Å²) in [5, 5.41) is 10.5. The first kappa shape index (κ1) is 11.5. The quantitative estimate of drug-likeness (QED) is 0.774. The molecule has 1 N–H and O–H groups in total. The minimum atomic E-state index is -3.38. The highest BCUT2D eigenvalue weighted by Crippen LogP contribution is 2.11. The summed E-state index contributed by atoms with van der Waals surface area (Å²) in [4.78, 5) is 10.5. The lowest BCUT2D eigenvalue weighted by Crippen LogP contribution is -2.22. The van der Waals surface area contributed by atoms with Gasteiger partial charge in [-0.25, -0.2) is 8.42 Å². The van der Waals surface area contributed by atoms with Crippen LogP contribution in [0.3, 0.4) is 0 Å². The summed E-state index contributed by atoms with van der Waals surface area (Å²) in [6, 6.07) is 5.46. The molecule has 0 aliphatic heterocycles. The predicted molar refractivity (Wildman–Crippen MR) is 53.9 cm³/mol. The molecular weight excluding hydrogens is 218 g/mol. The molecule has 0 spiro atoms. The van der Waals surface area contributed by atoms with Crippen molar-refractivity contribution in [3.8, 4) is 0 Å². The zero-order valence-corrected chi connectivity index (χ0v) is 8.87. The number of aromatic carboxylic acids is 1. The second kappa shape index (κ2) is 4.31. The van der Waals surface area contributed by atoms with E-state index in [4.69, 9.17) is 0 Å². The maximum atomic E-state index is 11.2. The lowest BCUT2D eigenvalue weighted by atomic mass is 10.2. The average molecular weight is 228 g/mol. The molecule has 0 aliphatic rings. The van der Waals surface area contributed by atoms with Crippen molar-refractivity contribution in [3.63, 3.8) is 0 Å². The summed E-state index contributed by atoms with van der Waals surface area (Å²) in [7, 11) is -3.38. The molecule has 0 atom stereocenters. The van der Waals surface area contributed by atoms with Gasteiger partial charge in [-0.2, -0.15) is 0 Å². The Morgan fingerprint density at radius 3 is 2.67 bits per heavy atom. The molecular formula is C9H10NO4S-. The third kappa shape index (κ3) is 3.25. The van der Waals surface area contributed by atoms with Crippen LogP contribution in [-0.2, 0) is 10.0 Å². The molecule has 0 saturated heterocycles. The number of anilines is 1. The summed E-state index contributed by atoms with van der Waals surface area (Å²) < 4.78 is 24.6. The lowest BCUT2D eigenvalue weighted by molar-refractivity contribution is -0.255. The molecule has 0 aromatic heterocycles. The number of sulfonamides is 1. The van der Waals surface area contributed by atoms with Crippen LogP contribution >= 0.6 is 0 Å². The molecule has 0 bridgehead atoms. The van der Waals surface area contributed by atoms with Gasteiger partial charge in [0.1, 0.15) is 0 Å². The Bertz CT molecular complexity index is 467. The monoisotopic (exact) mass is 228 g/mol. The van der Waals surface area contributed by atoms with Crippen molar-refractivity contribution < 1.29 is 18.3 Å². The van der Waals surface area contributed by atoms with Gasteiger partial charge in [-0.3, -0.25) is 4.72 Å². The number of carboxylic acid groups (broad SMARTS) is 1. The summed E-state index contributed by atoms with van der Waals surface area (Å²) in [6.45, 7) is 1.49. The number of carbonyl (C=O) groups is 1. The summed E-state index contributed by atoms with van der Waals surface area (Å²) in [6.07, 6.45) is 0. The zero-order valence-electron chi connectivity index (χ0n) is 8.06. The molecule has 0 unspecified atom stereocenters. The number of hydrogen-bond donors (Lipinski definition) is 1. The van der Waals surface area contributed by atoms with Gasteiger partial charge < -0.3 is 9.90 Å². The number of carbonyl (C=O) groups excluding carboxylic acids is 1. The molecule has 1 aromatic carbocycles. The van der Waals surface area contributed by atoms with Crippen molar-refractivity contribution in [1.29, 1.82) is 0 Å². The van der Waals surface area contributed by atoms with E-state index in [0.717, 1.165) is 0 Å². The molecule has 0 amide bonds. The third-order valence-corrected chi connectivity index (χ3v) is 3.06. The van der Waals surface area contributed by atoms with E-state index in [9.17, 15) is 18.3 Å². The molecule has 15 heavy (non-hydrogen) atoms. The van der Waals surface area contributed by atoms with E-state index in [1.54, 1.807) is 0 Å². The van der Waals surface area contributed by atoms with Gasteiger partial charge in [0.25, 0.3) is 0 Å². The van der Waals surface area contributed by atoms with Crippen molar-refractivity contribution in [1.82, 2.24) is 0 Å². The van der Waals surface area contributed by atoms with Crippen LogP contribution in [-0.4, -0.2) is 20.1 Å². The van der Waals surface area contributed by atoms with Gasteiger partial charge in [0, 0.05) is 5.69 Å². The minimum absolute atomic E-state index is 0.0636. The number of hydrogen-bond acceptors (Lipinski definition) is 4. The Morgan fingerprint density at radius 1 is 1.47 bits per heavy atom. The second-order valence-corrected chi connectivity index (χ2v) is 4.88. The van der Waals surface area contributed by atoms with Gasteiger partial charge in [0.05, 0.1) is 11.7 Å². The van der Waals surface area contributed by atoms with Crippen molar-refractivity contribution in [2.75, 3.05) is 10.5 Å². The molecule has 0 fully saturated rings. The van der Waals surface area contributed by atoms with Crippen LogP contribution in [0.1, 0.15) is 17.3 Å². The largest absolute Gasteiger partial charge is 0.545 e. The summed E-state index contributed by atoms with van der Waals surface area (Å²) in [5.74, 6) is -1.41. The normalized spacial score (nSPS) is 11.0. The van der Waals surface area contributed by atoms with Crippen LogP contribution < -0.4 is 9.83 Å². The standard InChI is InChI=1S/C9H11NO4S/c1-2-15(13,14)10-8-5-3-4-7(6-8)9(11)12/h3-6,10H,2H2,1H3,(H,11,12)/p-1. The van der Waals surface area contributed by atoms with Crippen LogP contribution in [0.15, 0.2) is 24.3 Å².